The van der Waals surface area contributed by atoms with Crippen LogP contribution in [0.2, 0.25) is 5.02 Å². The van der Waals surface area contributed by atoms with E-state index in [4.69, 9.17) is 25.8 Å². The molecule has 0 aromatic heterocycles. The van der Waals surface area contributed by atoms with Gasteiger partial charge in [0.1, 0.15) is 0 Å². The minimum absolute atomic E-state index is 0.0369. The van der Waals surface area contributed by atoms with E-state index >= 15 is 0 Å². The van der Waals surface area contributed by atoms with Gasteiger partial charge in [-0.1, -0.05) is 23.7 Å². The van der Waals surface area contributed by atoms with E-state index in [1.807, 2.05) is 29.2 Å². The Hall–Kier alpha value is -2.60. The fraction of sp³-hybridized carbons (Fsp3) is 0.350. The Kier molecular flexibility index (Phi) is 5.96. The number of methoxy groups -OCH3 is 3. The van der Waals surface area contributed by atoms with Gasteiger partial charge in [0.25, 0.3) is 5.91 Å². The van der Waals surface area contributed by atoms with Gasteiger partial charge in [0.2, 0.25) is 5.75 Å². The third kappa shape index (κ3) is 3.90. The maximum atomic E-state index is 12.7. The maximum Gasteiger partial charge on any atom is 0.255 e. The number of rotatable bonds is 5. The van der Waals surface area contributed by atoms with E-state index in [0.717, 1.165) is 5.69 Å². The first kappa shape index (κ1) is 19.2. The molecule has 0 radical (unpaired) electrons. The lowest BCUT2D eigenvalue weighted by Gasteiger charge is -2.36. The molecule has 1 amide bonds. The van der Waals surface area contributed by atoms with Crippen LogP contribution >= 0.6 is 11.6 Å². The minimum Gasteiger partial charge on any atom is -0.493 e. The minimum atomic E-state index is -0.0369. The van der Waals surface area contributed by atoms with Crippen LogP contribution in [0, 0.1) is 0 Å². The van der Waals surface area contributed by atoms with Crippen LogP contribution in [0.3, 0.4) is 0 Å². The summed E-state index contributed by atoms with van der Waals surface area (Å²) in [5.74, 6) is 1.75. The predicted octanol–water partition coefficient (Wildman–Crippen LogP) is 3.33. The molecule has 1 fully saturated rings. The molecule has 7 heteroatoms. The van der Waals surface area contributed by atoms with Gasteiger partial charge in [-0.3, -0.25) is 4.79 Å². The third-order valence-corrected chi connectivity index (χ3v) is 5.02. The van der Waals surface area contributed by atoms with Crippen molar-refractivity contribution in [2.24, 2.45) is 0 Å². The Morgan fingerprint density at radius 3 is 2.04 bits per heavy atom. The van der Waals surface area contributed by atoms with Crippen molar-refractivity contribution in [3.05, 3.63) is 47.0 Å². The van der Waals surface area contributed by atoms with Crippen LogP contribution in [-0.2, 0) is 0 Å². The quantitative estimate of drug-likeness (QED) is 0.783. The van der Waals surface area contributed by atoms with Crippen LogP contribution in [0.25, 0.3) is 0 Å². The summed E-state index contributed by atoms with van der Waals surface area (Å²) in [4.78, 5) is 16.7. The van der Waals surface area contributed by atoms with Crippen molar-refractivity contribution < 1.29 is 19.0 Å². The van der Waals surface area contributed by atoms with Crippen molar-refractivity contribution in [3.8, 4) is 17.2 Å². The topological polar surface area (TPSA) is 51.2 Å². The normalized spacial score (nSPS) is 14.1. The molecule has 144 valence electrons. The summed E-state index contributed by atoms with van der Waals surface area (Å²) in [6.45, 7) is 2.63. The molecule has 0 bridgehead atoms. The number of benzene rings is 2. The van der Waals surface area contributed by atoms with E-state index in [1.165, 1.54) is 0 Å². The van der Waals surface area contributed by atoms with Gasteiger partial charge in [0.05, 0.1) is 31.9 Å². The van der Waals surface area contributed by atoms with Gasteiger partial charge in [0, 0.05) is 44.0 Å². The van der Waals surface area contributed by atoms with Crippen LogP contribution in [-0.4, -0.2) is 58.3 Å². The molecular formula is C20H23ClN2O4. The Morgan fingerprint density at radius 2 is 1.52 bits per heavy atom. The molecule has 1 heterocycles. The molecule has 0 N–H and O–H groups in total. The molecule has 6 nitrogen and oxygen atoms in total. The largest absolute Gasteiger partial charge is 0.493 e. The number of carbonyl (C=O) groups is 1. The third-order valence-electron chi connectivity index (χ3n) is 4.69. The molecule has 1 aliphatic heterocycles. The summed E-state index contributed by atoms with van der Waals surface area (Å²) in [6.07, 6.45) is 0. The van der Waals surface area contributed by atoms with E-state index in [-0.39, 0.29) is 5.91 Å². The molecule has 2 aromatic rings. The number of ether oxygens (including phenoxy) is 3. The molecule has 0 aliphatic carbocycles. The summed E-state index contributed by atoms with van der Waals surface area (Å²) in [5, 5.41) is 0.481. The Labute approximate surface area is 164 Å². The number of hydrogen-bond donors (Lipinski definition) is 0. The molecule has 2 aromatic carbocycles. The molecule has 0 atom stereocenters. The van der Waals surface area contributed by atoms with Crippen LogP contribution in [0.15, 0.2) is 36.4 Å². The van der Waals surface area contributed by atoms with E-state index in [9.17, 15) is 4.79 Å². The van der Waals surface area contributed by atoms with Crippen LogP contribution in [0.5, 0.6) is 17.2 Å². The molecule has 3 rings (SSSR count). The molecule has 27 heavy (non-hydrogen) atoms. The lowest BCUT2D eigenvalue weighted by atomic mass is 10.1. The van der Waals surface area contributed by atoms with Crippen molar-refractivity contribution >= 4 is 23.2 Å². The summed E-state index contributed by atoms with van der Waals surface area (Å²) in [6, 6.07) is 11.0. The number of hydrogen-bond acceptors (Lipinski definition) is 5. The zero-order valence-corrected chi connectivity index (χ0v) is 16.5. The number of amides is 1. The Balaban J connectivity index is 1.74. The summed E-state index contributed by atoms with van der Waals surface area (Å²) in [7, 11) is 4.78. The first-order valence-electron chi connectivity index (χ1n) is 8.67. The number of carbonyl (C=O) groups excluding carboxylic acids is 1. The first-order chi connectivity index (χ1) is 13.1. The van der Waals surface area contributed by atoms with E-state index in [1.54, 1.807) is 33.5 Å². The second-order valence-electron chi connectivity index (χ2n) is 6.14. The highest BCUT2D eigenvalue weighted by Crippen LogP contribution is 2.41. The number of halogens is 1. The highest BCUT2D eigenvalue weighted by Gasteiger charge is 2.25. The second kappa shape index (κ2) is 8.39. The predicted molar refractivity (Wildman–Crippen MR) is 106 cm³/mol. The molecule has 1 saturated heterocycles. The van der Waals surface area contributed by atoms with Crippen LogP contribution < -0.4 is 19.1 Å². The second-order valence-corrected chi connectivity index (χ2v) is 6.55. The summed E-state index contributed by atoms with van der Waals surface area (Å²) < 4.78 is 16.2. The van der Waals surface area contributed by atoms with Crippen molar-refractivity contribution in [2.45, 2.75) is 0 Å². The van der Waals surface area contributed by atoms with Gasteiger partial charge in [-0.25, -0.2) is 0 Å². The zero-order valence-electron chi connectivity index (χ0n) is 15.7. The molecule has 0 spiro atoms. The van der Waals surface area contributed by atoms with Gasteiger partial charge in [-0.15, -0.1) is 0 Å². The standard InChI is InChI=1S/C20H23ClN2O4/c1-25-17-12-14(13-18(26-2)19(17)27-3)22-8-10-23(11-9-22)20(24)15-6-4-5-7-16(15)21/h4-7,12-13H,8-11H2,1-3H3. The SMILES string of the molecule is COc1cc(N2CCN(C(=O)c3ccccc3Cl)CC2)cc(OC)c1OC. The van der Waals surface area contributed by atoms with Gasteiger partial charge in [-0.2, -0.15) is 0 Å². The molecular weight excluding hydrogens is 368 g/mol. The van der Waals surface area contributed by atoms with Gasteiger partial charge in [-0.05, 0) is 12.1 Å². The highest BCUT2D eigenvalue weighted by atomic mass is 35.5. The number of nitrogens with zero attached hydrogens (tertiary/aromatic N) is 2. The van der Waals surface area contributed by atoms with Crippen molar-refractivity contribution in [2.75, 3.05) is 52.4 Å². The van der Waals surface area contributed by atoms with E-state index in [2.05, 4.69) is 4.90 Å². The molecule has 0 unspecified atom stereocenters. The van der Waals surface area contributed by atoms with E-state index in [0.29, 0.717) is 54.0 Å². The number of anilines is 1. The van der Waals surface area contributed by atoms with E-state index < -0.39 is 0 Å². The van der Waals surface area contributed by atoms with Gasteiger partial charge >= 0.3 is 0 Å². The number of piperazine rings is 1. The molecule has 1 aliphatic rings. The highest BCUT2D eigenvalue weighted by molar-refractivity contribution is 6.33. The smallest absolute Gasteiger partial charge is 0.255 e. The average Bonchev–Trinajstić information content (AvgIpc) is 2.72. The van der Waals surface area contributed by atoms with Crippen LogP contribution in [0.4, 0.5) is 5.69 Å². The van der Waals surface area contributed by atoms with Crippen molar-refractivity contribution in [1.29, 1.82) is 0 Å². The lowest BCUT2D eigenvalue weighted by molar-refractivity contribution is 0.0747. The van der Waals surface area contributed by atoms with Crippen LogP contribution in [0.1, 0.15) is 10.4 Å². The summed E-state index contributed by atoms with van der Waals surface area (Å²) in [5.41, 5.74) is 1.51. The average molecular weight is 391 g/mol. The van der Waals surface area contributed by atoms with Gasteiger partial charge < -0.3 is 24.0 Å². The van der Waals surface area contributed by atoms with Crippen molar-refractivity contribution in [1.82, 2.24) is 4.90 Å². The molecule has 0 saturated carbocycles. The Bertz CT molecular complexity index is 794. The van der Waals surface area contributed by atoms with Gasteiger partial charge in [0.15, 0.2) is 11.5 Å². The Morgan fingerprint density at radius 1 is 0.926 bits per heavy atom. The lowest BCUT2D eigenvalue weighted by Crippen LogP contribution is -2.48. The fourth-order valence-corrected chi connectivity index (χ4v) is 3.44. The monoisotopic (exact) mass is 390 g/mol. The van der Waals surface area contributed by atoms with Crippen molar-refractivity contribution in [3.63, 3.8) is 0 Å². The first-order valence-corrected chi connectivity index (χ1v) is 9.05. The fourth-order valence-electron chi connectivity index (χ4n) is 3.22. The zero-order chi connectivity index (χ0) is 19.4. The maximum absolute atomic E-state index is 12.7. The summed E-state index contributed by atoms with van der Waals surface area (Å²) >= 11 is 6.16.